The van der Waals surface area contributed by atoms with Crippen molar-refractivity contribution in [1.29, 1.82) is 0 Å². The molecule has 4 nitrogen and oxygen atoms in total. The molecular weight excluding hydrogens is 230 g/mol. The minimum atomic E-state index is -0.240. The molecule has 0 aliphatic carbocycles. The average Bonchev–Trinajstić information content (AvgIpc) is 2.34. The Morgan fingerprint density at radius 1 is 1.33 bits per heavy atom. The predicted molar refractivity (Wildman–Crippen MR) is 70.9 cm³/mol. The molecule has 0 aliphatic heterocycles. The summed E-state index contributed by atoms with van der Waals surface area (Å²) in [5.41, 5.74) is 3.20. The summed E-state index contributed by atoms with van der Waals surface area (Å²) in [6.45, 7) is 4.03. The van der Waals surface area contributed by atoms with Gasteiger partial charge >= 0.3 is 5.97 Å². The Bertz CT molecular complexity index is 429. The minimum Gasteiger partial charge on any atom is -0.496 e. The van der Waals surface area contributed by atoms with Crippen LogP contribution in [0.3, 0.4) is 0 Å². The van der Waals surface area contributed by atoms with Crippen LogP contribution in [0.5, 0.6) is 5.75 Å². The van der Waals surface area contributed by atoms with E-state index in [1.54, 1.807) is 7.11 Å². The molecule has 1 atom stereocenters. The smallest absolute Gasteiger partial charge is 0.307 e. The van der Waals surface area contributed by atoms with Crippen LogP contribution < -0.4 is 10.1 Å². The molecule has 0 bridgehead atoms. The lowest BCUT2D eigenvalue weighted by molar-refractivity contribution is -0.141. The minimum absolute atomic E-state index is 0.106. The predicted octanol–water partition coefficient (Wildman–Crippen LogP) is 2.14. The van der Waals surface area contributed by atoms with E-state index in [0.717, 1.165) is 22.4 Å². The summed E-state index contributed by atoms with van der Waals surface area (Å²) in [6, 6.07) is 3.99. The van der Waals surface area contributed by atoms with Crippen molar-refractivity contribution in [3.8, 4) is 5.75 Å². The zero-order valence-corrected chi connectivity index (χ0v) is 11.7. The van der Waals surface area contributed by atoms with E-state index in [4.69, 9.17) is 9.47 Å². The van der Waals surface area contributed by atoms with Crippen molar-refractivity contribution in [3.05, 3.63) is 28.8 Å². The van der Waals surface area contributed by atoms with Crippen LogP contribution in [-0.4, -0.2) is 27.2 Å². The molecular formula is C14H21NO3. The second-order valence-corrected chi connectivity index (χ2v) is 4.33. The summed E-state index contributed by atoms with van der Waals surface area (Å²) < 4.78 is 10.2. The molecule has 0 radical (unpaired) electrons. The van der Waals surface area contributed by atoms with Crippen molar-refractivity contribution in [3.63, 3.8) is 0 Å². The van der Waals surface area contributed by atoms with Crippen molar-refractivity contribution in [1.82, 2.24) is 5.32 Å². The number of carbonyl (C=O) groups is 1. The zero-order valence-electron chi connectivity index (χ0n) is 11.7. The van der Waals surface area contributed by atoms with Gasteiger partial charge in [-0.1, -0.05) is 17.7 Å². The maximum absolute atomic E-state index is 11.4. The highest BCUT2D eigenvalue weighted by molar-refractivity contribution is 5.70. The molecule has 1 aromatic rings. The highest BCUT2D eigenvalue weighted by Gasteiger charge is 2.20. The molecule has 0 aromatic heterocycles. The molecule has 0 fully saturated rings. The molecule has 0 amide bonds. The van der Waals surface area contributed by atoms with Gasteiger partial charge in [-0.2, -0.15) is 0 Å². The van der Waals surface area contributed by atoms with Gasteiger partial charge in [-0.05, 0) is 26.5 Å². The van der Waals surface area contributed by atoms with Gasteiger partial charge in [0.2, 0.25) is 0 Å². The maximum atomic E-state index is 11.4. The van der Waals surface area contributed by atoms with Gasteiger partial charge < -0.3 is 14.8 Å². The van der Waals surface area contributed by atoms with Crippen molar-refractivity contribution in [2.45, 2.75) is 26.3 Å². The molecule has 1 unspecified atom stereocenters. The molecule has 18 heavy (non-hydrogen) atoms. The summed E-state index contributed by atoms with van der Waals surface area (Å²) in [5.74, 6) is 0.583. The number of hydrogen-bond acceptors (Lipinski definition) is 4. The first-order chi connectivity index (χ1) is 8.53. The molecule has 100 valence electrons. The fraction of sp³-hybridized carbons (Fsp3) is 0.500. The van der Waals surface area contributed by atoms with Crippen LogP contribution in [0.25, 0.3) is 0 Å². The Labute approximate surface area is 108 Å². The summed E-state index contributed by atoms with van der Waals surface area (Å²) in [7, 11) is 4.87. The maximum Gasteiger partial charge on any atom is 0.307 e. The van der Waals surface area contributed by atoms with E-state index in [0.29, 0.717) is 0 Å². The van der Waals surface area contributed by atoms with E-state index in [1.807, 2.05) is 27.0 Å². The Morgan fingerprint density at radius 3 is 2.50 bits per heavy atom. The first-order valence-electron chi connectivity index (χ1n) is 5.92. The van der Waals surface area contributed by atoms with Gasteiger partial charge in [0.25, 0.3) is 0 Å². The van der Waals surface area contributed by atoms with Crippen molar-refractivity contribution in [2.75, 3.05) is 21.3 Å². The van der Waals surface area contributed by atoms with Gasteiger partial charge in [0.15, 0.2) is 0 Å². The lowest BCUT2D eigenvalue weighted by atomic mass is 9.97. The van der Waals surface area contributed by atoms with Crippen molar-refractivity contribution < 1.29 is 14.3 Å². The molecule has 4 heteroatoms. The molecule has 0 aliphatic rings. The molecule has 0 spiro atoms. The normalized spacial score (nSPS) is 12.1. The fourth-order valence-corrected chi connectivity index (χ4v) is 2.14. The second kappa shape index (κ2) is 6.40. The number of benzene rings is 1. The molecule has 0 saturated heterocycles. The Hall–Kier alpha value is -1.55. The van der Waals surface area contributed by atoms with Crippen LogP contribution in [0.2, 0.25) is 0 Å². The monoisotopic (exact) mass is 251 g/mol. The van der Waals surface area contributed by atoms with Crippen LogP contribution in [0.1, 0.15) is 29.2 Å². The lowest BCUT2D eigenvalue weighted by Crippen LogP contribution is -2.21. The number of ether oxygens (including phenoxy) is 2. The van der Waals surface area contributed by atoms with E-state index < -0.39 is 0 Å². The van der Waals surface area contributed by atoms with Gasteiger partial charge in [0.05, 0.1) is 20.6 Å². The molecule has 1 aromatic carbocycles. The van der Waals surface area contributed by atoms with E-state index in [9.17, 15) is 4.79 Å². The number of aryl methyl sites for hydroxylation is 2. The summed E-state index contributed by atoms with van der Waals surface area (Å²) in [5, 5.41) is 3.13. The van der Waals surface area contributed by atoms with Crippen LogP contribution in [0.4, 0.5) is 0 Å². The summed E-state index contributed by atoms with van der Waals surface area (Å²) in [4.78, 5) is 11.4. The fourth-order valence-electron chi connectivity index (χ4n) is 2.14. The third-order valence-corrected chi connectivity index (χ3v) is 2.97. The van der Waals surface area contributed by atoms with Crippen LogP contribution in [-0.2, 0) is 9.53 Å². The highest BCUT2D eigenvalue weighted by Crippen LogP contribution is 2.31. The zero-order chi connectivity index (χ0) is 13.7. The highest BCUT2D eigenvalue weighted by atomic mass is 16.5. The van der Waals surface area contributed by atoms with Crippen LogP contribution >= 0.6 is 0 Å². The quantitative estimate of drug-likeness (QED) is 0.814. The van der Waals surface area contributed by atoms with Gasteiger partial charge in [0, 0.05) is 11.6 Å². The number of esters is 1. The van der Waals surface area contributed by atoms with E-state index in [1.165, 1.54) is 7.11 Å². The third-order valence-electron chi connectivity index (χ3n) is 2.97. The first-order valence-corrected chi connectivity index (χ1v) is 5.92. The van der Waals surface area contributed by atoms with E-state index in [-0.39, 0.29) is 18.4 Å². The Kier molecular flexibility index (Phi) is 5.16. The first kappa shape index (κ1) is 14.5. The van der Waals surface area contributed by atoms with Crippen LogP contribution in [0, 0.1) is 13.8 Å². The number of methoxy groups -OCH3 is 2. The number of nitrogens with one attached hydrogen (secondary N) is 1. The third kappa shape index (κ3) is 3.23. The Morgan fingerprint density at radius 2 is 2.00 bits per heavy atom. The lowest BCUT2D eigenvalue weighted by Gasteiger charge is -2.20. The van der Waals surface area contributed by atoms with Gasteiger partial charge in [-0.15, -0.1) is 0 Å². The number of carbonyl (C=O) groups excluding carboxylic acids is 1. The molecule has 1 rings (SSSR count). The Balaban J connectivity index is 3.15. The number of rotatable bonds is 5. The SMILES string of the molecule is CNC(CC(=O)OC)c1cc(C)cc(C)c1OC. The number of hydrogen-bond donors (Lipinski definition) is 1. The van der Waals surface area contributed by atoms with Crippen molar-refractivity contribution in [2.24, 2.45) is 0 Å². The van der Waals surface area contributed by atoms with Gasteiger partial charge in [0.1, 0.15) is 5.75 Å². The largest absolute Gasteiger partial charge is 0.496 e. The standard InChI is InChI=1S/C14H21NO3/c1-9-6-10(2)14(18-5)11(7-9)12(15-3)8-13(16)17-4/h6-7,12,15H,8H2,1-5H3. The molecule has 0 saturated carbocycles. The van der Waals surface area contributed by atoms with Crippen molar-refractivity contribution >= 4 is 5.97 Å². The molecule has 1 N–H and O–H groups in total. The summed E-state index contributed by atoms with van der Waals surface area (Å²) >= 11 is 0. The molecule has 0 heterocycles. The van der Waals surface area contributed by atoms with Gasteiger partial charge in [-0.3, -0.25) is 4.79 Å². The van der Waals surface area contributed by atoms with E-state index >= 15 is 0 Å². The topological polar surface area (TPSA) is 47.6 Å². The summed E-state index contributed by atoms with van der Waals surface area (Å²) in [6.07, 6.45) is 0.284. The van der Waals surface area contributed by atoms with Gasteiger partial charge in [-0.25, -0.2) is 0 Å². The van der Waals surface area contributed by atoms with E-state index in [2.05, 4.69) is 11.4 Å². The van der Waals surface area contributed by atoms with Crippen LogP contribution in [0.15, 0.2) is 12.1 Å². The second-order valence-electron chi connectivity index (χ2n) is 4.33. The average molecular weight is 251 g/mol.